The van der Waals surface area contributed by atoms with Gasteiger partial charge in [0.1, 0.15) is 11.5 Å². The van der Waals surface area contributed by atoms with E-state index in [-0.39, 0.29) is 23.8 Å². The van der Waals surface area contributed by atoms with Crippen LogP contribution in [-0.2, 0) is 14.3 Å². The van der Waals surface area contributed by atoms with Crippen molar-refractivity contribution in [3.8, 4) is 11.5 Å². The Labute approximate surface area is 161 Å². The maximum absolute atomic E-state index is 12.5. The highest BCUT2D eigenvalue weighted by Crippen LogP contribution is 2.29. The third-order valence-electron chi connectivity index (χ3n) is 5.00. The number of hydrogen-bond donors (Lipinski definition) is 2. The summed E-state index contributed by atoms with van der Waals surface area (Å²) in [5, 5.41) is 3.04. The van der Waals surface area contributed by atoms with E-state index in [0.717, 1.165) is 37.2 Å². The van der Waals surface area contributed by atoms with Gasteiger partial charge < -0.3 is 24.4 Å². The van der Waals surface area contributed by atoms with E-state index in [2.05, 4.69) is 5.32 Å². The van der Waals surface area contributed by atoms with E-state index in [1.807, 2.05) is 32.0 Å². The molecule has 0 saturated carbocycles. The van der Waals surface area contributed by atoms with Crippen molar-refractivity contribution in [2.75, 3.05) is 40.5 Å². The molecule has 0 aromatic heterocycles. The van der Waals surface area contributed by atoms with Crippen LogP contribution >= 0.6 is 0 Å². The summed E-state index contributed by atoms with van der Waals surface area (Å²) in [5.41, 5.74) is 0.876. The number of rotatable bonds is 8. The highest BCUT2D eigenvalue weighted by atomic mass is 16.5. The van der Waals surface area contributed by atoms with Crippen molar-refractivity contribution < 1.29 is 28.7 Å². The smallest absolute Gasteiger partial charge is 0.309 e. The number of methoxy groups -OCH3 is 2. The largest absolute Gasteiger partial charge is 0.497 e. The predicted octanol–water partition coefficient (Wildman–Crippen LogP) is 0.739. The molecule has 7 nitrogen and oxygen atoms in total. The first-order valence-corrected chi connectivity index (χ1v) is 9.50. The Morgan fingerprint density at radius 3 is 2.52 bits per heavy atom. The minimum atomic E-state index is -0.195. The Balaban J connectivity index is 1.86. The molecular weight excluding hydrogens is 348 g/mol. The highest BCUT2D eigenvalue weighted by molar-refractivity contribution is 5.77. The number of amides is 1. The van der Waals surface area contributed by atoms with Crippen molar-refractivity contribution >= 4 is 11.9 Å². The molecule has 1 aliphatic rings. The maximum atomic E-state index is 12.5. The molecule has 1 aromatic carbocycles. The van der Waals surface area contributed by atoms with Crippen molar-refractivity contribution in [1.82, 2.24) is 5.32 Å². The van der Waals surface area contributed by atoms with Gasteiger partial charge in [-0.05, 0) is 32.0 Å². The van der Waals surface area contributed by atoms with Crippen LogP contribution in [0.3, 0.4) is 0 Å². The minimum absolute atomic E-state index is 0.0167. The van der Waals surface area contributed by atoms with Crippen molar-refractivity contribution in [2.45, 2.75) is 32.7 Å². The molecule has 0 aliphatic carbocycles. The van der Waals surface area contributed by atoms with E-state index >= 15 is 0 Å². The molecule has 1 heterocycles. The van der Waals surface area contributed by atoms with Gasteiger partial charge in [0.25, 0.3) is 5.91 Å². The van der Waals surface area contributed by atoms with Crippen LogP contribution in [0.5, 0.6) is 11.5 Å². The molecule has 1 atom stereocenters. The molecule has 27 heavy (non-hydrogen) atoms. The molecule has 150 valence electrons. The third-order valence-corrected chi connectivity index (χ3v) is 5.00. The fourth-order valence-corrected chi connectivity index (χ4v) is 3.47. The number of hydrogen-bond acceptors (Lipinski definition) is 5. The summed E-state index contributed by atoms with van der Waals surface area (Å²) in [4.78, 5) is 25.5. The number of piperidine rings is 1. The number of ether oxygens (including phenoxy) is 3. The number of esters is 1. The lowest BCUT2D eigenvalue weighted by Crippen LogP contribution is -3.14. The molecule has 1 aromatic rings. The van der Waals surface area contributed by atoms with Crippen LogP contribution in [0.15, 0.2) is 18.2 Å². The van der Waals surface area contributed by atoms with Gasteiger partial charge in [-0.3, -0.25) is 9.59 Å². The molecule has 1 saturated heterocycles. The Bertz CT molecular complexity index is 641. The second-order valence-corrected chi connectivity index (χ2v) is 6.85. The summed E-state index contributed by atoms with van der Waals surface area (Å²) < 4.78 is 15.8. The lowest BCUT2D eigenvalue weighted by atomic mass is 9.97. The molecule has 0 radical (unpaired) electrons. The molecular formula is C20H31N2O5+. The zero-order valence-electron chi connectivity index (χ0n) is 16.7. The van der Waals surface area contributed by atoms with Gasteiger partial charge in [-0.2, -0.15) is 0 Å². The van der Waals surface area contributed by atoms with Crippen molar-refractivity contribution in [3.63, 3.8) is 0 Å². The van der Waals surface area contributed by atoms with Gasteiger partial charge in [0.15, 0.2) is 6.54 Å². The van der Waals surface area contributed by atoms with Gasteiger partial charge in [0, 0.05) is 18.4 Å². The van der Waals surface area contributed by atoms with E-state index in [9.17, 15) is 9.59 Å². The summed E-state index contributed by atoms with van der Waals surface area (Å²) in [6, 6.07) is 5.34. The summed E-state index contributed by atoms with van der Waals surface area (Å²) in [6.45, 7) is 6.16. The molecule has 1 aliphatic heterocycles. The lowest BCUT2D eigenvalue weighted by Gasteiger charge is -2.28. The first kappa shape index (κ1) is 21.0. The van der Waals surface area contributed by atoms with E-state index < -0.39 is 0 Å². The van der Waals surface area contributed by atoms with E-state index in [0.29, 0.717) is 18.9 Å². The first-order chi connectivity index (χ1) is 13.0. The number of benzene rings is 1. The van der Waals surface area contributed by atoms with Crippen molar-refractivity contribution in [1.29, 1.82) is 0 Å². The molecule has 1 amide bonds. The zero-order valence-corrected chi connectivity index (χ0v) is 16.7. The Hall–Kier alpha value is -2.28. The Morgan fingerprint density at radius 1 is 1.22 bits per heavy atom. The quantitative estimate of drug-likeness (QED) is 0.652. The fraction of sp³-hybridized carbons (Fsp3) is 0.600. The normalized spacial score (nSPS) is 20.4. The predicted molar refractivity (Wildman–Crippen MR) is 101 cm³/mol. The molecule has 7 heteroatoms. The number of quaternary nitrogens is 1. The Morgan fingerprint density at radius 2 is 1.93 bits per heavy atom. The molecule has 0 bridgehead atoms. The standard InChI is InChI=1S/C20H30N2O5/c1-5-27-20(24)15-8-10-22(11-9-15)13-19(23)21-14(2)17-12-16(25-3)6-7-18(17)26-4/h6-7,12,14-15H,5,8-11,13H2,1-4H3,(H,21,23)/p+1/t14-/m1/s1. The molecule has 0 unspecified atom stereocenters. The van der Waals surface area contributed by atoms with Crippen LogP contribution in [0.4, 0.5) is 0 Å². The van der Waals surface area contributed by atoms with Crippen LogP contribution in [0, 0.1) is 5.92 Å². The van der Waals surface area contributed by atoms with Crippen molar-refractivity contribution in [2.24, 2.45) is 5.92 Å². The van der Waals surface area contributed by atoms with E-state index in [1.54, 1.807) is 14.2 Å². The summed E-state index contributed by atoms with van der Waals surface area (Å²) in [7, 11) is 3.22. The summed E-state index contributed by atoms with van der Waals surface area (Å²) >= 11 is 0. The SMILES string of the molecule is CCOC(=O)C1CC[NH+](CC(=O)N[C@H](C)c2cc(OC)ccc2OC)CC1. The van der Waals surface area contributed by atoms with Gasteiger partial charge in [-0.15, -0.1) is 0 Å². The average Bonchev–Trinajstić information content (AvgIpc) is 2.68. The maximum Gasteiger partial charge on any atom is 0.309 e. The van der Waals surface area contributed by atoms with Gasteiger partial charge >= 0.3 is 5.97 Å². The summed E-state index contributed by atoms with van der Waals surface area (Å²) in [6.07, 6.45) is 1.53. The molecule has 2 rings (SSSR count). The lowest BCUT2D eigenvalue weighted by molar-refractivity contribution is -0.897. The van der Waals surface area contributed by atoms with Crippen LogP contribution in [0.25, 0.3) is 0 Å². The van der Waals surface area contributed by atoms with Crippen LogP contribution in [0.1, 0.15) is 38.3 Å². The number of nitrogens with one attached hydrogen (secondary N) is 2. The van der Waals surface area contributed by atoms with Gasteiger partial charge in [-0.1, -0.05) is 0 Å². The number of carbonyl (C=O) groups excluding carboxylic acids is 2. The molecule has 0 spiro atoms. The second kappa shape index (κ2) is 10.2. The van der Waals surface area contributed by atoms with Gasteiger partial charge in [0.05, 0.1) is 45.9 Å². The zero-order chi connectivity index (χ0) is 19.8. The van der Waals surface area contributed by atoms with Crippen LogP contribution in [-0.4, -0.2) is 52.3 Å². The monoisotopic (exact) mass is 379 g/mol. The third kappa shape index (κ3) is 5.85. The van der Waals surface area contributed by atoms with Crippen LogP contribution < -0.4 is 19.7 Å². The van der Waals surface area contributed by atoms with Crippen molar-refractivity contribution in [3.05, 3.63) is 23.8 Å². The van der Waals surface area contributed by atoms with Crippen LogP contribution in [0.2, 0.25) is 0 Å². The van der Waals surface area contributed by atoms with Gasteiger partial charge in [0.2, 0.25) is 0 Å². The fourth-order valence-electron chi connectivity index (χ4n) is 3.47. The second-order valence-electron chi connectivity index (χ2n) is 6.85. The van der Waals surface area contributed by atoms with Gasteiger partial charge in [-0.25, -0.2) is 0 Å². The Kier molecular flexibility index (Phi) is 7.91. The topological polar surface area (TPSA) is 78.3 Å². The first-order valence-electron chi connectivity index (χ1n) is 9.50. The van der Waals surface area contributed by atoms with E-state index in [1.165, 1.54) is 4.90 Å². The molecule has 1 fully saturated rings. The number of likely N-dealkylation sites (tertiary alicyclic amines) is 1. The number of carbonyl (C=O) groups is 2. The van der Waals surface area contributed by atoms with E-state index in [4.69, 9.17) is 14.2 Å². The highest BCUT2D eigenvalue weighted by Gasteiger charge is 2.29. The average molecular weight is 379 g/mol. The minimum Gasteiger partial charge on any atom is -0.497 e. The summed E-state index contributed by atoms with van der Waals surface area (Å²) in [5.74, 6) is 1.28. The molecule has 2 N–H and O–H groups in total.